The maximum Gasteiger partial charge on any atom is 0.319 e. The van der Waals surface area contributed by atoms with Crippen molar-refractivity contribution in [3.63, 3.8) is 0 Å². The molecule has 0 atom stereocenters. The Balaban J connectivity index is 0.00000182. The number of fused-ring (bicyclic) bond motifs is 2. The van der Waals surface area contributed by atoms with Gasteiger partial charge in [0.25, 0.3) is 0 Å². The van der Waals surface area contributed by atoms with Gasteiger partial charge in [-0.15, -0.1) is 6.42 Å². The number of hydrogen-bond donors (Lipinski definition) is 2. The fraction of sp³-hybridized carbons (Fsp3) is 0.472. The van der Waals surface area contributed by atoms with Crippen molar-refractivity contribution in [2.45, 2.75) is 64.8 Å². The summed E-state index contributed by atoms with van der Waals surface area (Å²) in [5.41, 5.74) is 0.870. The van der Waals surface area contributed by atoms with E-state index >= 15 is 4.39 Å². The Kier molecular flexibility index (Phi) is 9.25. The van der Waals surface area contributed by atoms with Crippen molar-refractivity contribution in [3.05, 3.63) is 47.2 Å². The van der Waals surface area contributed by atoms with Crippen LogP contribution in [-0.4, -0.2) is 76.4 Å². The van der Waals surface area contributed by atoms with Crippen LogP contribution in [0, 0.1) is 24.0 Å². The number of nitrogens with one attached hydrogen (secondary N) is 1. The number of benzene rings is 2. The summed E-state index contributed by atoms with van der Waals surface area (Å²) >= 11 is 0. The summed E-state index contributed by atoms with van der Waals surface area (Å²) in [6, 6.07) is 5.76. The zero-order valence-electron chi connectivity index (χ0n) is 26.9. The molecule has 5 heterocycles. The standard InChI is InChI=1S/C34H36F2N6O2.C2H6/c1-3-12-37-13-17-41-16-9-26-28-31(39-33(40-32(28)41)44-20-34-10-5-14-42(34)15-6-11-34)29(36)30(38-26)24-19-22(43)18-21-7-8-25(35)23(4-2)27(21)24;1-2/h2,7-8,18-19,37,43H,3,5-6,9-17,20H2,1H3;1-2H3. The quantitative estimate of drug-likeness (QED) is 0.167. The summed E-state index contributed by atoms with van der Waals surface area (Å²) in [5.74, 6) is 1.61. The second-order valence-electron chi connectivity index (χ2n) is 12.1. The molecule has 0 bridgehead atoms. The highest BCUT2D eigenvalue weighted by Gasteiger charge is 2.45. The van der Waals surface area contributed by atoms with Crippen molar-refractivity contribution in [1.29, 1.82) is 0 Å². The minimum atomic E-state index is -0.691. The lowest BCUT2D eigenvalue weighted by molar-refractivity contribution is 0.108. The van der Waals surface area contributed by atoms with Crippen molar-refractivity contribution in [2.75, 3.05) is 50.8 Å². The lowest BCUT2D eigenvalue weighted by atomic mass is 9.95. The third kappa shape index (κ3) is 5.60. The zero-order valence-corrected chi connectivity index (χ0v) is 26.9. The molecule has 4 aromatic rings. The molecule has 2 N–H and O–H groups in total. The topological polar surface area (TPSA) is 86.6 Å². The number of terminal acetylenes is 1. The van der Waals surface area contributed by atoms with Crippen LogP contribution in [0.25, 0.3) is 32.9 Å². The van der Waals surface area contributed by atoms with Crippen molar-refractivity contribution < 1.29 is 18.6 Å². The van der Waals surface area contributed by atoms with Crippen LogP contribution in [0.15, 0.2) is 24.3 Å². The molecule has 0 amide bonds. The Morgan fingerprint density at radius 3 is 2.57 bits per heavy atom. The lowest BCUT2D eigenvalue weighted by Crippen LogP contribution is -2.43. The summed E-state index contributed by atoms with van der Waals surface area (Å²) in [4.78, 5) is 18.9. The molecule has 242 valence electrons. The van der Waals surface area contributed by atoms with E-state index in [1.54, 1.807) is 0 Å². The molecule has 2 aromatic carbocycles. The fourth-order valence-electron chi connectivity index (χ4n) is 7.35. The number of hydrogen-bond acceptors (Lipinski definition) is 8. The predicted molar refractivity (Wildman–Crippen MR) is 178 cm³/mol. The Morgan fingerprint density at radius 2 is 1.83 bits per heavy atom. The van der Waals surface area contributed by atoms with Crippen molar-refractivity contribution in [1.82, 2.24) is 25.2 Å². The van der Waals surface area contributed by atoms with Crippen LogP contribution in [0.4, 0.5) is 14.6 Å². The molecule has 2 aromatic heterocycles. The largest absolute Gasteiger partial charge is 0.508 e. The van der Waals surface area contributed by atoms with E-state index in [9.17, 15) is 9.50 Å². The van der Waals surface area contributed by atoms with Gasteiger partial charge in [0.05, 0.1) is 22.2 Å². The molecular formula is C36H42F2N6O2. The highest BCUT2D eigenvalue weighted by atomic mass is 19.1. The number of phenolic OH excluding ortho intramolecular Hbond substituents is 1. The van der Waals surface area contributed by atoms with E-state index < -0.39 is 11.6 Å². The third-order valence-electron chi connectivity index (χ3n) is 9.46. The molecule has 2 saturated heterocycles. The number of rotatable bonds is 9. The number of aromatic nitrogens is 3. The summed E-state index contributed by atoms with van der Waals surface area (Å²) in [7, 11) is 0. The van der Waals surface area contributed by atoms with Gasteiger partial charge in [-0.25, -0.2) is 13.8 Å². The van der Waals surface area contributed by atoms with Gasteiger partial charge < -0.3 is 20.1 Å². The Labute approximate surface area is 269 Å². The normalized spacial score (nSPS) is 16.7. The molecular weight excluding hydrogens is 586 g/mol. The third-order valence-corrected chi connectivity index (χ3v) is 9.46. The summed E-state index contributed by atoms with van der Waals surface area (Å²) in [6.45, 7) is 11.7. The maximum absolute atomic E-state index is 16.8. The number of pyridine rings is 1. The molecule has 10 heteroatoms. The molecule has 3 aliphatic rings. The van der Waals surface area contributed by atoms with Gasteiger partial charge in [-0.05, 0) is 75.3 Å². The molecule has 2 fully saturated rings. The Morgan fingerprint density at radius 1 is 1.04 bits per heavy atom. The first kappa shape index (κ1) is 31.9. The average molecular weight is 629 g/mol. The summed E-state index contributed by atoms with van der Waals surface area (Å²) in [5, 5.41) is 15.4. The van der Waals surface area contributed by atoms with Crippen LogP contribution in [0.1, 0.15) is 64.1 Å². The van der Waals surface area contributed by atoms with E-state index in [1.807, 2.05) is 13.8 Å². The number of phenols is 1. The minimum Gasteiger partial charge on any atom is -0.508 e. The lowest BCUT2D eigenvalue weighted by Gasteiger charge is -2.32. The van der Waals surface area contributed by atoms with Gasteiger partial charge in [0.15, 0.2) is 5.82 Å². The van der Waals surface area contributed by atoms with Crippen molar-refractivity contribution in [2.24, 2.45) is 0 Å². The van der Waals surface area contributed by atoms with Crippen molar-refractivity contribution in [3.8, 4) is 35.4 Å². The predicted octanol–water partition coefficient (Wildman–Crippen LogP) is 6.21. The Hall–Kier alpha value is -4.07. The Bertz CT molecular complexity index is 1800. The first-order chi connectivity index (χ1) is 22.4. The molecule has 8 nitrogen and oxygen atoms in total. The molecule has 0 aliphatic carbocycles. The molecule has 0 spiro atoms. The molecule has 0 unspecified atom stereocenters. The van der Waals surface area contributed by atoms with E-state index in [4.69, 9.17) is 21.1 Å². The molecule has 0 saturated carbocycles. The minimum absolute atomic E-state index is 0.0115. The van der Waals surface area contributed by atoms with Crippen LogP contribution in [0.2, 0.25) is 0 Å². The van der Waals surface area contributed by atoms with Crippen LogP contribution in [0.5, 0.6) is 11.8 Å². The van der Waals surface area contributed by atoms with Gasteiger partial charge in [0, 0.05) is 37.0 Å². The first-order valence-corrected chi connectivity index (χ1v) is 16.6. The van der Waals surface area contributed by atoms with E-state index in [0.717, 1.165) is 58.3 Å². The monoisotopic (exact) mass is 628 g/mol. The van der Waals surface area contributed by atoms with E-state index in [2.05, 4.69) is 32.9 Å². The van der Waals surface area contributed by atoms with E-state index in [1.165, 1.54) is 24.3 Å². The number of halogens is 2. The van der Waals surface area contributed by atoms with Gasteiger partial charge in [-0.1, -0.05) is 32.8 Å². The SMILES string of the molecule is C#Cc1c(F)ccc2cc(O)cc(-c3nc4c5c(nc(OCC67CCCN6CCC7)nc5c3F)N(CCNCCC)CC4)c12.CC. The fourth-order valence-corrected chi connectivity index (χ4v) is 7.35. The molecule has 7 rings (SSSR count). The van der Waals surface area contributed by atoms with Gasteiger partial charge >= 0.3 is 6.01 Å². The van der Waals surface area contributed by atoms with Gasteiger partial charge in [0.1, 0.15) is 35.2 Å². The second kappa shape index (κ2) is 13.3. The molecule has 46 heavy (non-hydrogen) atoms. The van der Waals surface area contributed by atoms with Gasteiger partial charge in [-0.2, -0.15) is 9.97 Å². The zero-order chi connectivity index (χ0) is 32.4. The summed E-state index contributed by atoms with van der Waals surface area (Å²) in [6.07, 6.45) is 11.7. The average Bonchev–Trinajstić information content (AvgIpc) is 3.66. The second-order valence-corrected chi connectivity index (χ2v) is 12.1. The maximum atomic E-state index is 16.8. The first-order valence-electron chi connectivity index (χ1n) is 16.6. The number of nitrogens with zero attached hydrogens (tertiary/aromatic N) is 5. The van der Waals surface area contributed by atoms with Crippen LogP contribution in [-0.2, 0) is 6.42 Å². The number of ether oxygens (including phenoxy) is 1. The van der Waals surface area contributed by atoms with E-state index in [0.29, 0.717) is 53.8 Å². The number of anilines is 1. The van der Waals surface area contributed by atoms with Gasteiger partial charge in [-0.3, -0.25) is 4.90 Å². The number of aromatic hydroxyl groups is 1. The van der Waals surface area contributed by atoms with Crippen LogP contribution in [0.3, 0.4) is 0 Å². The molecule has 3 aliphatic heterocycles. The van der Waals surface area contributed by atoms with Crippen LogP contribution < -0.4 is 15.0 Å². The van der Waals surface area contributed by atoms with Crippen molar-refractivity contribution >= 4 is 27.5 Å². The van der Waals surface area contributed by atoms with Crippen LogP contribution >= 0.6 is 0 Å². The van der Waals surface area contributed by atoms with Gasteiger partial charge in [0.2, 0.25) is 0 Å². The summed E-state index contributed by atoms with van der Waals surface area (Å²) < 4.78 is 38.0. The highest BCUT2D eigenvalue weighted by molar-refractivity contribution is 6.03. The smallest absolute Gasteiger partial charge is 0.319 e. The highest BCUT2D eigenvalue weighted by Crippen LogP contribution is 2.42. The molecule has 0 radical (unpaired) electrons. The van der Waals surface area contributed by atoms with E-state index in [-0.39, 0.29) is 39.6 Å².